The van der Waals surface area contributed by atoms with Crippen LogP contribution in [0.15, 0.2) is 42.7 Å². The van der Waals surface area contributed by atoms with E-state index < -0.39 is 5.97 Å². The Bertz CT molecular complexity index is 564. The van der Waals surface area contributed by atoms with Gasteiger partial charge in [0.1, 0.15) is 0 Å². The van der Waals surface area contributed by atoms with Crippen LogP contribution in [0.3, 0.4) is 0 Å². The molecule has 0 aliphatic rings. The van der Waals surface area contributed by atoms with Crippen molar-refractivity contribution in [1.29, 1.82) is 0 Å². The summed E-state index contributed by atoms with van der Waals surface area (Å²) in [6.45, 7) is 4.60. The monoisotopic (exact) mass is 273 g/mol. The maximum Gasteiger partial charge on any atom is 0.317 e. The summed E-state index contributed by atoms with van der Waals surface area (Å²) in [6.07, 6.45) is 3.72. The van der Waals surface area contributed by atoms with Gasteiger partial charge in [0.2, 0.25) is 0 Å². The molecule has 0 atom stereocenters. The summed E-state index contributed by atoms with van der Waals surface area (Å²) >= 11 is 0. The van der Waals surface area contributed by atoms with Crippen molar-refractivity contribution < 1.29 is 9.90 Å². The van der Waals surface area contributed by atoms with Gasteiger partial charge < -0.3 is 5.11 Å². The van der Waals surface area contributed by atoms with E-state index in [0.29, 0.717) is 6.54 Å². The van der Waals surface area contributed by atoms with Gasteiger partial charge in [0.05, 0.1) is 18.4 Å². The van der Waals surface area contributed by atoms with Crippen LogP contribution in [0.1, 0.15) is 19.4 Å². The Kier molecular flexibility index (Phi) is 4.53. The average molecular weight is 273 g/mol. The Balaban J connectivity index is 2.10. The minimum Gasteiger partial charge on any atom is -0.480 e. The number of rotatable bonds is 6. The molecule has 0 fully saturated rings. The number of nitrogens with zero attached hydrogens (tertiary/aromatic N) is 3. The minimum absolute atomic E-state index is 0.0359. The summed E-state index contributed by atoms with van der Waals surface area (Å²) in [5.41, 5.74) is 2.00. The van der Waals surface area contributed by atoms with Crippen molar-refractivity contribution in [3.8, 4) is 5.69 Å². The Morgan fingerprint density at radius 2 is 2.05 bits per heavy atom. The van der Waals surface area contributed by atoms with Crippen LogP contribution >= 0.6 is 0 Å². The molecular formula is C15H19N3O2. The molecule has 0 bridgehead atoms. The normalized spacial score (nSPS) is 11.2. The Hall–Kier alpha value is -2.14. The SMILES string of the molecule is CC(C)N(CC(=O)O)Cc1cnn(-c2ccccc2)c1. The van der Waals surface area contributed by atoms with E-state index in [0.717, 1.165) is 11.3 Å². The number of carbonyl (C=O) groups is 1. The second kappa shape index (κ2) is 6.34. The zero-order chi connectivity index (χ0) is 14.5. The second-order valence-corrected chi connectivity index (χ2v) is 5.02. The molecule has 0 saturated heterocycles. The molecule has 0 radical (unpaired) electrons. The van der Waals surface area contributed by atoms with Crippen LogP contribution in [-0.4, -0.2) is 38.3 Å². The first-order chi connectivity index (χ1) is 9.56. The molecular weight excluding hydrogens is 254 g/mol. The lowest BCUT2D eigenvalue weighted by Crippen LogP contribution is -2.34. The van der Waals surface area contributed by atoms with Crippen LogP contribution in [-0.2, 0) is 11.3 Å². The van der Waals surface area contributed by atoms with E-state index in [9.17, 15) is 4.79 Å². The lowest BCUT2D eigenvalue weighted by molar-refractivity contribution is -0.138. The van der Waals surface area contributed by atoms with Gasteiger partial charge in [-0.25, -0.2) is 4.68 Å². The van der Waals surface area contributed by atoms with Crippen molar-refractivity contribution in [3.63, 3.8) is 0 Å². The van der Waals surface area contributed by atoms with Gasteiger partial charge in [-0.05, 0) is 26.0 Å². The zero-order valence-corrected chi connectivity index (χ0v) is 11.7. The molecule has 1 heterocycles. The standard InChI is InChI=1S/C15H19N3O2/c1-12(2)17(11-15(19)20)9-13-8-16-18(10-13)14-6-4-3-5-7-14/h3-8,10,12H,9,11H2,1-2H3,(H,19,20). The first-order valence-corrected chi connectivity index (χ1v) is 6.61. The van der Waals surface area contributed by atoms with Crippen LogP contribution in [0.2, 0.25) is 0 Å². The molecule has 0 aliphatic carbocycles. The first-order valence-electron chi connectivity index (χ1n) is 6.61. The highest BCUT2D eigenvalue weighted by atomic mass is 16.4. The van der Waals surface area contributed by atoms with Crippen LogP contribution < -0.4 is 0 Å². The number of benzene rings is 1. The smallest absolute Gasteiger partial charge is 0.317 e. The topological polar surface area (TPSA) is 58.4 Å². The van der Waals surface area contributed by atoms with Crippen molar-refractivity contribution in [2.75, 3.05) is 6.54 Å². The van der Waals surface area contributed by atoms with Gasteiger partial charge in [0.25, 0.3) is 0 Å². The Morgan fingerprint density at radius 1 is 1.35 bits per heavy atom. The predicted octanol–water partition coefficient (Wildman–Crippen LogP) is 2.17. The fourth-order valence-corrected chi connectivity index (χ4v) is 1.99. The van der Waals surface area contributed by atoms with Crippen molar-refractivity contribution in [3.05, 3.63) is 48.3 Å². The molecule has 0 aliphatic heterocycles. The third kappa shape index (κ3) is 3.68. The van der Waals surface area contributed by atoms with E-state index in [-0.39, 0.29) is 12.6 Å². The van der Waals surface area contributed by atoms with Crippen molar-refractivity contribution in [2.24, 2.45) is 0 Å². The number of aliphatic carboxylic acids is 1. The maximum absolute atomic E-state index is 10.9. The van der Waals surface area contributed by atoms with Crippen LogP contribution in [0, 0.1) is 0 Å². The molecule has 1 aromatic heterocycles. The van der Waals surface area contributed by atoms with Gasteiger partial charge in [0.15, 0.2) is 0 Å². The number of carboxylic acids is 1. The average Bonchev–Trinajstić information content (AvgIpc) is 2.87. The van der Waals surface area contributed by atoms with E-state index in [2.05, 4.69) is 5.10 Å². The highest BCUT2D eigenvalue weighted by Gasteiger charge is 2.14. The van der Waals surface area contributed by atoms with E-state index in [1.807, 2.05) is 55.3 Å². The number of carboxylic acid groups (broad SMARTS) is 1. The molecule has 20 heavy (non-hydrogen) atoms. The fourth-order valence-electron chi connectivity index (χ4n) is 1.99. The minimum atomic E-state index is -0.811. The quantitative estimate of drug-likeness (QED) is 0.876. The number of hydrogen-bond donors (Lipinski definition) is 1. The van der Waals surface area contributed by atoms with Gasteiger partial charge in [-0.2, -0.15) is 5.10 Å². The largest absolute Gasteiger partial charge is 0.480 e. The lowest BCUT2D eigenvalue weighted by Gasteiger charge is -2.23. The first kappa shape index (κ1) is 14.3. The zero-order valence-electron chi connectivity index (χ0n) is 11.7. The van der Waals surface area contributed by atoms with Crippen molar-refractivity contribution >= 4 is 5.97 Å². The number of para-hydroxylation sites is 1. The van der Waals surface area contributed by atoms with E-state index >= 15 is 0 Å². The molecule has 0 saturated carbocycles. The number of aromatic nitrogens is 2. The third-order valence-corrected chi connectivity index (χ3v) is 3.11. The molecule has 2 aromatic rings. The van der Waals surface area contributed by atoms with Gasteiger partial charge in [0, 0.05) is 24.3 Å². The van der Waals surface area contributed by atoms with Gasteiger partial charge in [-0.3, -0.25) is 9.69 Å². The maximum atomic E-state index is 10.9. The van der Waals surface area contributed by atoms with Crippen LogP contribution in [0.4, 0.5) is 0 Å². The third-order valence-electron chi connectivity index (χ3n) is 3.11. The fraction of sp³-hybridized carbons (Fsp3) is 0.333. The predicted molar refractivity (Wildman–Crippen MR) is 76.7 cm³/mol. The molecule has 1 N–H and O–H groups in total. The Labute approximate surface area is 118 Å². The molecule has 0 amide bonds. The molecule has 0 spiro atoms. The molecule has 5 nitrogen and oxygen atoms in total. The molecule has 2 rings (SSSR count). The summed E-state index contributed by atoms with van der Waals surface area (Å²) in [5, 5.41) is 13.3. The van der Waals surface area contributed by atoms with E-state index in [1.54, 1.807) is 10.9 Å². The molecule has 5 heteroatoms. The van der Waals surface area contributed by atoms with E-state index in [1.165, 1.54) is 0 Å². The van der Waals surface area contributed by atoms with Gasteiger partial charge in [-0.15, -0.1) is 0 Å². The molecule has 0 unspecified atom stereocenters. The summed E-state index contributed by atoms with van der Waals surface area (Å²) in [6, 6.07) is 10.0. The molecule has 106 valence electrons. The van der Waals surface area contributed by atoms with Gasteiger partial charge >= 0.3 is 5.97 Å². The van der Waals surface area contributed by atoms with Crippen LogP contribution in [0.25, 0.3) is 5.69 Å². The summed E-state index contributed by atoms with van der Waals surface area (Å²) < 4.78 is 1.80. The van der Waals surface area contributed by atoms with Crippen molar-refractivity contribution in [2.45, 2.75) is 26.4 Å². The molecule has 1 aromatic carbocycles. The second-order valence-electron chi connectivity index (χ2n) is 5.02. The summed E-state index contributed by atoms with van der Waals surface area (Å²) in [5.74, 6) is -0.811. The summed E-state index contributed by atoms with van der Waals surface area (Å²) in [7, 11) is 0. The Morgan fingerprint density at radius 3 is 2.65 bits per heavy atom. The highest BCUT2D eigenvalue weighted by molar-refractivity contribution is 5.69. The number of hydrogen-bond acceptors (Lipinski definition) is 3. The van der Waals surface area contributed by atoms with E-state index in [4.69, 9.17) is 5.11 Å². The lowest BCUT2D eigenvalue weighted by atomic mass is 10.2. The van der Waals surface area contributed by atoms with Crippen molar-refractivity contribution in [1.82, 2.24) is 14.7 Å². The van der Waals surface area contributed by atoms with Gasteiger partial charge in [-0.1, -0.05) is 18.2 Å². The van der Waals surface area contributed by atoms with Crippen LogP contribution in [0.5, 0.6) is 0 Å². The summed E-state index contributed by atoms with van der Waals surface area (Å²) in [4.78, 5) is 12.8. The highest BCUT2D eigenvalue weighted by Crippen LogP contribution is 2.11.